The molecule has 0 heterocycles. The lowest BCUT2D eigenvalue weighted by atomic mass is 9.80. The third kappa shape index (κ3) is 5.19. The Bertz CT molecular complexity index is 131. The molecule has 0 saturated carbocycles. The van der Waals surface area contributed by atoms with E-state index in [-0.39, 0.29) is 13.2 Å². The summed E-state index contributed by atoms with van der Waals surface area (Å²) >= 11 is 0. The van der Waals surface area contributed by atoms with Crippen molar-refractivity contribution in [2.45, 2.75) is 40.0 Å². The molecule has 4 heteroatoms. The van der Waals surface area contributed by atoms with Gasteiger partial charge in [0.25, 0.3) is 0 Å². The Kier molecular flexibility index (Phi) is 10.1. The number of rotatable bonds is 5. The zero-order chi connectivity index (χ0) is 11.6. The minimum atomic E-state index is -0.653. The number of carboxylic acids is 1. The quantitative estimate of drug-likeness (QED) is 0.632. The summed E-state index contributed by atoms with van der Waals surface area (Å²) in [6.07, 6.45) is 2.19. The number of carbonyl (C=O) groups is 1. The molecule has 0 fully saturated rings. The minimum absolute atomic E-state index is 0.125. The van der Waals surface area contributed by atoms with Crippen molar-refractivity contribution < 1.29 is 20.1 Å². The van der Waals surface area contributed by atoms with E-state index in [1.165, 1.54) is 0 Å². The Morgan fingerprint density at radius 3 is 1.29 bits per heavy atom. The Labute approximate surface area is 85.6 Å². The van der Waals surface area contributed by atoms with Crippen LogP contribution in [0.1, 0.15) is 40.0 Å². The zero-order valence-electron chi connectivity index (χ0n) is 9.29. The highest BCUT2D eigenvalue weighted by Crippen LogP contribution is 2.30. The summed E-state index contributed by atoms with van der Waals surface area (Å²) in [4.78, 5) is 10.7. The molecule has 0 aliphatic rings. The fourth-order valence-electron chi connectivity index (χ4n) is 1.20. The summed E-state index contributed by atoms with van der Waals surface area (Å²) in [5.41, 5.74) is -0.458. The first-order valence-corrected chi connectivity index (χ1v) is 4.99. The van der Waals surface area contributed by atoms with E-state index < -0.39 is 11.4 Å². The van der Waals surface area contributed by atoms with Crippen molar-refractivity contribution in [1.82, 2.24) is 0 Å². The molecule has 0 aromatic heterocycles. The maximum atomic E-state index is 10.7. The third-order valence-corrected chi connectivity index (χ3v) is 2.58. The van der Waals surface area contributed by atoms with Gasteiger partial charge in [0.2, 0.25) is 0 Å². The maximum absolute atomic E-state index is 10.7. The Morgan fingerprint density at radius 1 is 1.00 bits per heavy atom. The van der Waals surface area contributed by atoms with Gasteiger partial charge in [0.1, 0.15) is 0 Å². The first-order chi connectivity index (χ1) is 6.54. The number of hydrogen-bond donors (Lipinski definition) is 3. The van der Waals surface area contributed by atoms with E-state index in [4.69, 9.17) is 15.3 Å². The molecule has 0 atom stereocenters. The topological polar surface area (TPSA) is 77.8 Å². The highest BCUT2D eigenvalue weighted by molar-refractivity contribution is 5.74. The molecule has 0 saturated heterocycles. The Balaban J connectivity index is 0. The van der Waals surface area contributed by atoms with Gasteiger partial charge in [-0.25, -0.2) is 0 Å². The van der Waals surface area contributed by atoms with Gasteiger partial charge >= 0.3 is 5.97 Å². The van der Waals surface area contributed by atoms with Gasteiger partial charge in [-0.15, -0.1) is 0 Å². The van der Waals surface area contributed by atoms with Crippen LogP contribution in [0.2, 0.25) is 0 Å². The van der Waals surface area contributed by atoms with Crippen LogP contribution >= 0.6 is 0 Å². The fourth-order valence-corrected chi connectivity index (χ4v) is 1.20. The highest BCUT2D eigenvalue weighted by atomic mass is 16.4. The van der Waals surface area contributed by atoms with Crippen LogP contribution in [0.25, 0.3) is 0 Å². The SMILES string of the molecule is CCC(CC)(CC)C(=O)O.OCCO. The second kappa shape index (κ2) is 8.97. The van der Waals surface area contributed by atoms with Gasteiger partial charge in [0.05, 0.1) is 18.6 Å². The predicted molar refractivity (Wildman–Crippen MR) is 55.1 cm³/mol. The van der Waals surface area contributed by atoms with E-state index in [0.717, 1.165) is 19.3 Å². The summed E-state index contributed by atoms with van der Waals surface area (Å²) in [6, 6.07) is 0. The van der Waals surface area contributed by atoms with Gasteiger partial charge in [-0.05, 0) is 19.3 Å². The molecular weight excluding hydrogens is 184 g/mol. The number of aliphatic hydroxyl groups excluding tert-OH is 2. The molecule has 0 bridgehead atoms. The van der Waals surface area contributed by atoms with Crippen LogP contribution in [-0.2, 0) is 4.79 Å². The standard InChI is InChI=1S/C8H16O2.C2H6O2/c1-4-8(5-2,6-3)7(9)10;3-1-2-4/h4-6H2,1-3H3,(H,9,10);3-4H,1-2H2. The van der Waals surface area contributed by atoms with Crippen LogP contribution in [0, 0.1) is 5.41 Å². The molecule has 0 rings (SSSR count). The summed E-state index contributed by atoms with van der Waals surface area (Å²) < 4.78 is 0. The van der Waals surface area contributed by atoms with Crippen LogP contribution in [-0.4, -0.2) is 34.5 Å². The average Bonchev–Trinajstić information content (AvgIpc) is 2.21. The molecule has 86 valence electrons. The lowest BCUT2D eigenvalue weighted by Gasteiger charge is -2.24. The minimum Gasteiger partial charge on any atom is -0.481 e. The van der Waals surface area contributed by atoms with Crippen molar-refractivity contribution in [3.8, 4) is 0 Å². The summed E-state index contributed by atoms with van der Waals surface area (Å²) in [5.74, 6) is -0.653. The van der Waals surface area contributed by atoms with E-state index in [1.807, 2.05) is 20.8 Å². The molecule has 3 N–H and O–H groups in total. The van der Waals surface area contributed by atoms with Gasteiger partial charge in [-0.1, -0.05) is 20.8 Å². The van der Waals surface area contributed by atoms with Crippen molar-refractivity contribution in [1.29, 1.82) is 0 Å². The maximum Gasteiger partial charge on any atom is 0.309 e. The summed E-state index contributed by atoms with van der Waals surface area (Å²) in [7, 11) is 0. The number of aliphatic hydroxyl groups is 2. The number of carboxylic acid groups (broad SMARTS) is 1. The third-order valence-electron chi connectivity index (χ3n) is 2.58. The van der Waals surface area contributed by atoms with E-state index >= 15 is 0 Å². The second-order valence-corrected chi connectivity index (χ2v) is 3.09. The molecule has 4 nitrogen and oxygen atoms in total. The zero-order valence-corrected chi connectivity index (χ0v) is 9.29. The lowest BCUT2D eigenvalue weighted by Crippen LogP contribution is -2.28. The monoisotopic (exact) mass is 206 g/mol. The second-order valence-electron chi connectivity index (χ2n) is 3.09. The van der Waals surface area contributed by atoms with Gasteiger partial charge < -0.3 is 15.3 Å². The van der Waals surface area contributed by atoms with E-state index in [2.05, 4.69) is 0 Å². The van der Waals surface area contributed by atoms with Crippen LogP contribution in [0.3, 0.4) is 0 Å². The van der Waals surface area contributed by atoms with E-state index in [9.17, 15) is 4.79 Å². The van der Waals surface area contributed by atoms with Gasteiger partial charge in [0.15, 0.2) is 0 Å². The smallest absolute Gasteiger partial charge is 0.309 e. The largest absolute Gasteiger partial charge is 0.481 e. The Hall–Kier alpha value is -0.610. The van der Waals surface area contributed by atoms with Crippen molar-refractivity contribution in [2.24, 2.45) is 5.41 Å². The van der Waals surface area contributed by atoms with Crippen molar-refractivity contribution >= 4 is 5.97 Å². The molecule has 0 aliphatic heterocycles. The van der Waals surface area contributed by atoms with Gasteiger partial charge in [-0.3, -0.25) is 4.79 Å². The van der Waals surface area contributed by atoms with Crippen LogP contribution in [0.15, 0.2) is 0 Å². The molecular formula is C10H22O4. The van der Waals surface area contributed by atoms with Crippen LogP contribution in [0.4, 0.5) is 0 Å². The normalized spacial score (nSPS) is 10.4. The highest BCUT2D eigenvalue weighted by Gasteiger charge is 2.32. The summed E-state index contributed by atoms with van der Waals surface area (Å²) in [5, 5.41) is 24.1. The molecule has 0 amide bonds. The van der Waals surface area contributed by atoms with E-state index in [1.54, 1.807) is 0 Å². The summed E-state index contributed by atoms with van der Waals surface area (Å²) in [6.45, 7) is 5.54. The molecule has 0 spiro atoms. The number of hydrogen-bond acceptors (Lipinski definition) is 3. The number of aliphatic carboxylic acids is 1. The van der Waals surface area contributed by atoms with Crippen molar-refractivity contribution in [3.05, 3.63) is 0 Å². The first kappa shape index (κ1) is 15.8. The average molecular weight is 206 g/mol. The van der Waals surface area contributed by atoms with Gasteiger partial charge in [0, 0.05) is 0 Å². The predicted octanol–water partition coefficient (Wildman–Crippen LogP) is 1.26. The molecule has 0 aromatic rings. The molecule has 0 unspecified atom stereocenters. The molecule has 0 radical (unpaired) electrons. The van der Waals surface area contributed by atoms with Crippen LogP contribution in [0.5, 0.6) is 0 Å². The van der Waals surface area contributed by atoms with E-state index in [0.29, 0.717) is 0 Å². The Morgan fingerprint density at radius 2 is 1.29 bits per heavy atom. The van der Waals surface area contributed by atoms with Gasteiger partial charge in [-0.2, -0.15) is 0 Å². The molecule has 14 heavy (non-hydrogen) atoms. The van der Waals surface area contributed by atoms with Crippen LogP contribution < -0.4 is 0 Å². The van der Waals surface area contributed by atoms with Crippen molar-refractivity contribution in [3.63, 3.8) is 0 Å². The van der Waals surface area contributed by atoms with Crippen molar-refractivity contribution in [2.75, 3.05) is 13.2 Å². The lowest BCUT2D eigenvalue weighted by molar-refractivity contribution is -0.149. The first-order valence-electron chi connectivity index (χ1n) is 4.99. The fraction of sp³-hybridized carbons (Fsp3) is 0.900. The molecule has 0 aliphatic carbocycles. The molecule has 0 aromatic carbocycles.